The van der Waals surface area contributed by atoms with Crippen LogP contribution in [0.1, 0.15) is 68.9 Å². The standard InChI is InChI=1S/C30H35N5O5/c1-17-11-18(2)33-29(38)26(17)15-32-28(37)25-12-21(20-5-6-23(16-36)31-14-20)13-27(19(25)3)35(4)24-9-7-22(8-10-24)34-30(39)40/h5-6,11-14,16,22,24,34H,7-10,15H2,1-4H3,(H,32,37)(H,33,38)(H,39,40)/t22-,24-. The van der Waals surface area contributed by atoms with Crippen LogP contribution in [0.2, 0.25) is 0 Å². The molecule has 3 aromatic rings. The molecule has 0 unspecified atom stereocenters. The highest BCUT2D eigenvalue weighted by Gasteiger charge is 2.27. The second-order valence-electron chi connectivity index (χ2n) is 10.4. The number of carbonyl (C=O) groups excluding carboxylic acids is 2. The SMILES string of the molecule is Cc1cc(C)c(CNC(=O)c2cc(-c3ccc(C=O)nc3)cc(N(C)[C@H]3CC[C@H](NC(=O)O)CC3)c2C)c(=O)[nH]1. The maximum absolute atomic E-state index is 13.5. The smallest absolute Gasteiger partial charge is 0.404 e. The molecule has 0 spiro atoms. The molecule has 2 heterocycles. The highest BCUT2D eigenvalue weighted by atomic mass is 16.4. The molecule has 0 aliphatic heterocycles. The minimum absolute atomic E-state index is 0.0632. The Morgan fingerprint density at radius 2 is 1.82 bits per heavy atom. The second kappa shape index (κ2) is 12.1. The normalized spacial score (nSPS) is 16.7. The van der Waals surface area contributed by atoms with Crippen LogP contribution in [0.4, 0.5) is 10.5 Å². The lowest BCUT2D eigenvalue weighted by Crippen LogP contribution is -2.42. The molecule has 0 atom stereocenters. The molecule has 40 heavy (non-hydrogen) atoms. The number of amides is 2. The van der Waals surface area contributed by atoms with Crippen molar-refractivity contribution < 1.29 is 19.5 Å². The molecule has 1 fully saturated rings. The first-order chi connectivity index (χ1) is 19.1. The monoisotopic (exact) mass is 545 g/mol. The number of pyridine rings is 2. The first kappa shape index (κ1) is 28.5. The Kier molecular flexibility index (Phi) is 8.67. The van der Waals surface area contributed by atoms with Gasteiger partial charge in [0.1, 0.15) is 5.69 Å². The maximum atomic E-state index is 13.5. The van der Waals surface area contributed by atoms with Gasteiger partial charge in [-0.15, -0.1) is 0 Å². The van der Waals surface area contributed by atoms with Crippen LogP contribution in [-0.4, -0.2) is 52.5 Å². The Morgan fingerprint density at radius 1 is 1.10 bits per heavy atom. The van der Waals surface area contributed by atoms with Crippen LogP contribution in [0, 0.1) is 20.8 Å². The molecule has 2 amide bonds. The Balaban J connectivity index is 1.66. The molecule has 0 saturated heterocycles. The van der Waals surface area contributed by atoms with Gasteiger partial charge in [0.15, 0.2) is 6.29 Å². The molecule has 10 heteroatoms. The Morgan fingerprint density at radius 3 is 2.42 bits per heavy atom. The van der Waals surface area contributed by atoms with Gasteiger partial charge in [0, 0.05) is 59.9 Å². The predicted octanol–water partition coefficient (Wildman–Crippen LogP) is 4.12. The maximum Gasteiger partial charge on any atom is 0.404 e. The van der Waals surface area contributed by atoms with Crippen molar-refractivity contribution in [3.05, 3.63) is 80.5 Å². The first-order valence-electron chi connectivity index (χ1n) is 13.3. The number of aromatic nitrogens is 2. The number of hydrogen-bond donors (Lipinski definition) is 4. The summed E-state index contributed by atoms with van der Waals surface area (Å²) in [5.41, 5.74) is 5.84. The van der Waals surface area contributed by atoms with Crippen molar-refractivity contribution in [2.24, 2.45) is 0 Å². The largest absolute Gasteiger partial charge is 0.465 e. The minimum Gasteiger partial charge on any atom is -0.465 e. The van der Waals surface area contributed by atoms with Crippen LogP contribution >= 0.6 is 0 Å². The van der Waals surface area contributed by atoms with Gasteiger partial charge in [-0.2, -0.15) is 0 Å². The lowest BCUT2D eigenvalue weighted by atomic mass is 9.89. The molecular weight excluding hydrogens is 510 g/mol. The van der Waals surface area contributed by atoms with Crippen molar-refractivity contribution in [2.45, 2.75) is 65.1 Å². The fourth-order valence-corrected chi connectivity index (χ4v) is 5.46. The topological polar surface area (TPSA) is 144 Å². The molecule has 1 aliphatic carbocycles. The van der Waals surface area contributed by atoms with E-state index >= 15 is 0 Å². The van der Waals surface area contributed by atoms with E-state index in [9.17, 15) is 19.2 Å². The molecule has 1 aromatic carbocycles. The average molecular weight is 546 g/mol. The summed E-state index contributed by atoms with van der Waals surface area (Å²) in [6, 6.07) is 9.23. The van der Waals surface area contributed by atoms with Crippen molar-refractivity contribution in [3.8, 4) is 11.1 Å². The van der Waals surface area contributed by atoms with Gasteiger partial charge in [0.25, 0.3) is 11.5 Å². The van der Waals surface area contributed by atoms with E-state index in [-0.39, 0.29) is 30.1 Å². The van der Waals surface area contributed by atoms with Gasteiger partial charge in [-0.3, -0.25) is 19.4 Å². The highest BCUT2D eigenvalue weighted by molar-refractivity contribution is 5.99. The number of anilines is 1. The number of nitrogens with zero attached hydrogens (tertiary/aromatic N) is 2. The Labute approximate surface area is 232 Å². The van der Waals surface area contributed by atoms with E-state index in [0.717, 1.165) is 59.3 Å². The first-order valence-corrected chi connectivity index (χ1v) is 13.3. The summed E-state index contributed by atoms with van der Waals surface area (Å²) in [5, 5.41) is 14.6. The average Bonchev–Trinajstić information content (AvgIpc) is 2.92. The van der Waals surface area contributed by atoms with Crippen LogP contribution in [0.25, 0.3) is 11.1 Å². The number of carboxylic acid groups (broad SMARTS) is 1. The molecule has 1 saturated carbocycles. The molecule has 1 aliphatic rings. The summed E-state index contributed by atoms with van der Waals surface area (Å²) >= 11 is 0. The third-order valence-corrected chi connectivity index (χ3v) is 7.74. The van der Waals surface area contributed by atoms with Crippen LogP contribution in [-0.2, 0) is 6.54 Å². The number of aromatic amines is 1. The zero-order valence-corrected chi connectivity index (χ0v) is 23.2. The lowest BCUT2D eigenvalue weighted by molar-refractivity contribution is 0.0949. The van der Waals surface area contributed by atoms with Crippen molar-refractivity contribution in [2.75, 3.05) is 11.9 Å². The van der Waals surface area contributed by atoms with Gasteiger partial charge >= 0.3 is 6.09 Å². The molecule has 2 aromatic heterocycles. The lowest BCUT2D eigenvalue weighted by Gasteiger charge is -2.37. The number of rotatable bonds is 8. The number of carbonyl (C=O) groups is 3. The number of aryl methyl sites for hydroxylation is 2. The molecule has 4 rings (SSSR count). The van der Waals surface area contributed by atoms with E-state index in [0.29, 0.717) is 23.1 Å². The minimum atomic E-state index is -1.01. The predicted molar refractivity (Wildman–Crippen MR) is 153 cm³/mol. The molecule has 10 nitrogen and oxygen atoms in total. The number of aldehydes is 1. The van der Waals surface area contributed by atoms with E-state index in [2.05, 4.69) is 25.5 Å². The van der Waals surface area contributed by atoms with Gasteiger partial charge in [-0.25, -0.2) is 4.79 Å². The van der Waals surface area contributed by atoms with E-state index in [1.54, 1.807) is 24.4 Å². The fourth-order valence-electron chi connectivity index (χ4n) is 5.46. The zero-order valence-electron chi connectivity index (χ0n) is 23.2. The van der Waals surface area contributed by atoms with Gasteiger partial charge in [-0.05, 0) is 87.4 Å². The van der Waals surface area contributed by atoms with E-state index < -0.39 is 6.09 Å². The third kappa shape index (κ3) is 6.39. The van der Waals surface area contributed by atoms with Crippen molar-refractivity contribution in [1.29, 1.82) is 0 Å². The van der Waals surface area contributed by atoms with Gasteiger partial charge in [0.2, 0.25) is 0 Å². The Bertz CT molecular complexity index is 1470. The summed E-state index contributed by atoms with van der Waals surface area (Å²) in [6.45, 7) is 5.65. The third-order valence-electron chi connectivity index (χ3n) is 7.74. The summed E-state index contributed by atoms with van der Waals surface area (Å²) in [7, 11) is 1.99. The van der Waals surface area contributed by atoms with Gasteiger partial charge < -0.3 is 25.6 Å². The summed E-state index contributed by atoms with van der Waals surface area (Å²) in [4.78, 5) is 57.3. The number of H-pyrrole nitrogens is 1. The van der Waals surface area contributed by atoms with Crippen LogP contribution in [0.3, 0.4) is 0 Å². The quantitative estimate of drug-likeness (QED) is 0.312. The molecular formula is C30H35N5O5. The zero-order chi connectivity index (χ0) is 29.0. The number of nitrogens with one attached hydrogen (secondary N) is 3. The van der Waals surface area contributed by atoms with Crippen molar-refractivity contribution in [3.63, 3.8) is 0 Å². The van der Waals surface area contributed by atoms with E-state index in [4.69, 9.17) is 5.11 Å². The molecule has 4 N–H and O–H groups in total. The van der Waals surface area contributed by atoms with E-state index in [1.807, 2.05) is 40.0 Å². The second-order valence-corrected chi connectivity index (χ2v) is 10.4. The molecule has 0 bridgehead atoms. The number of benzene rings is 1. The van der Waals surface area contributed by atoms with Crippen LogP contribution in [0.5, 0.6) is 0 Å². The summed E-state index contributed by atoms with van der Waals surface area (Å²) < 4.78 is 0. The summed E-state index contributed by atoms with van der Waals surface area (Å²) in [5.74, 6) is -0.305. The van der Waals surface area contributed by atoms with Crippen molar-refractivity contribution in [1.82, 2.24) is 20.6 Å². The fraction of sp³-hybridized carbons (Fsp3) is 0.367. The van der Waals surface area contributed by atoms with Crippen LogP contribution in [0.15, 0.2) is 41.3 Å². The van der Waals surface area contributed by atoms with Gasteiger partial charge in [-0.1, -0.05) is 6.07 Å². The van der Waals surface area contributed by atoms with E-state index in [1.165, 1.54) is 0 Å². The molecule has 0 radical (unpaired) electrons. The number of hydrogen-bond acceptors (Lipinski definition) is 6. The Hall–Kier alpha value is -4.47. The van der Waals surface area contributed by atoms with Crippen molar-refractivity contribution >= 4 is 24.0 Å². The van der Waals surface area contributed by atoms with Crippen LogP contribution < -0.4 is 21.1 Å². The summed E-state index contributed by atoms with van der Waals surface area (Å²) in [6.07, 6.45) is 4.35. The highest BCUT2D eigenvalue weighted by Crippen LogP contribution is 2.34. The van der Waals surface area contributed by atoms with Gasteiger partial charge in [0.05, 0.1) is 0 Å². The molecule has 210 valence electrons.